The van der Waals surface area contributed by atoms with Crippen LogP contribution in [0.15, 0.2) is 0 Å². The summed E-state index contributed by atoms with van der Waals surface area (Å²) in [5, 5.41) is 0. The van der Waals surface area contributed by atoms with Gasteiger partial charge in [0.15, 0.2) is 0 Å². The van der Waals surface area contributed by atoms with Gasteiger partial charge in [0.2, 0.25) is 0 Å². The van der Waals surface area contributed by atoms with E-state index in [4.69, 9.17) is 6.42 Å². The van der Waals surface area contributed by atoms with E-state index in [0.29, 0.717) is 5.92 Å². The number of hydrogen-bond donors (Lipinski definition) is 0. The van der Waals surface area contributed by atoms with Crippen LogP contribution in [0.1, 0.15) is 27.7 Å². The fourth-order valence-electron chi connectivity index (χ4n) is 0.674. The van der Waals surface area contributed by atoms with Gasteiger partial charge in [0, 0.05) is 5.41 Å². The summed E-state index contributed by atoms with van der Waals surface area (Å²) in [7, 11) is 0. The molecule has 0 saturated heterocycles. The second kappa shape index (κ2) is 4.22. The second-order valence-electron chi connectivity index (χ2n) is 4.04. The predicted molar refractivity (Wildman–Crippen MR) is 54.1 cm³/mol. The van der Waals surface area contributed by atoms with Crippen molar-refractivity contribution in [3.8, 4) is 24.2 Å². The van der Waals surface area contributed by atoms with Crippen molar-refractivity contribution < 1.29 is 0 Å². The van der Waals surface area contributed by atoms with Crippen LogP contribution in [0.3, 0.4) is 0 Å². The summed E-state index contributed by atoms with van der Waals surface area (Å²) in [5.41, 5.74) is -0.190. The zero-order valence-electron chi connectivity index (χ0n) is 8.44. The van der Waals surface area contributed by atoms with Gasteiger partial charge in [0.25, 0.3) is 0 Å². The molecule has 0 N–H and O–H groups in total. The molecule has 0 aromatic rings. The lowest BCUT2D eigenvalue weighted by molar-refractivity contribution is 0.575. The zero-order chi connectivity index (χ0) is 9.78. The van der Waals surface area contributed by atoms with Crippen LogP contribution >= 0.6 is 0 Å². The fraction of sp³-hybridized carbons (Fsp3) is 0.583. The van der Waals surface area contributed by atoms with Crippen LogP contribution < -0.4 is 0 Å². The Hall–Kier alpha value is -0.880. The molecule has 0 aliphatic carbocycles. The van der Waals surface area contributed by atoms with E-state index in [2.05, 4.69) is 38.5 Å². The van der Waals surface area contributed by atoms with Crippen LogP contribution in [-0.4, -0.2) is 0 Å². The highest BCUT2D eigenvalue weighted by atomic mass is 14.1. The summed E-state index contributed by atoms with van der Waals surface area (Å²) in [4.78, 5) is 0. The average Bonchev–Trinajstić information content (AvgIpc) is 1.85. The molecule has 12 heavy (non-hydrogen) atoms. The van der Waals surface area contributed by atoms with Crippen molar-refractivity contribution in [3.63, 3.8) is 0 Å². The van der Waals surface area contributed by atoms with Gasteiger partial charge in [-0.2, -0.15) is 0 Å². The third-order valence-electron chi connectivity index (χ3n) is 1.41. The van der Waals surface area contributed by atoms with E-state index in [-0.39, 0.29) is 11.3 Å². The Morgan fingerprint density at radius 1 is 1.33 bits per heavy atom. The minimum absolute atomic E-state index is 0.0611. The molecule has 0 rings (SSSR count). The quantitative estimate of drug-likeness (QED) is 0.519. The summed E-state index contributed by atoms with van der Waals surface area (Å²) in [5.74, 6) is 9.27. The lowest BCUT2D eigenvalue weighted by Gasteiger charge is -2.10. The summed E-state index contributed by atoms with van der Waals surface area (Å²) >= 11 is 0. The molecule has 0 saturated carbocycles. The first-order chi connectivity index (χ1) is 5.37. The Bertz CT molecular complexity index is 221. The molecule has 0 bridgehead atoms. The molecule has 0 aliphatic heterocycles. The van der Waals surface area contributed by atoms with Crippen molar-refractivity contribution in [1.29, 1.82) is 0 Å². The van der Waals surface area contributed by atoms with Crippen molar-refractivity contribution in [1.82, 2.24) is 0 Å². The lowest BCUT2D eigenvalue weighted by Crippen LogP contribution is -2.06. The molecule has 0 aromatic heterocycles. The van der Waals surface area contributed by atoms with Gasteiger partial charge in [-0.3, -0.25) is 0 Å². The van der Waals surface area contributed by atoms with Crippen molar-refractivity contribution in [2.24, 2.45) is 17.3 Å². The first-order valence-electron chi connectivity index (χ1n) is 4.21. The Morgan fingerprint density at radius 3 is 2.08 bits per heavy atom. The van der Waals surface area contributed by atoms with Gasteiger partial charge in [-0.15, -0.1) is 6.42 Å². The van der Waals surface area contributed by atoms with Crippen molar-refractivity contribution in [2.75, 3.05) is 0 Å². The topological polar surface area (TPSA) is 0 Å². The van der Waals surface area contributed by atoms with Crippen LogP contribution in [0.2, 0.25) is 0 Å². The van der Waals surface area contributed by atoms with E-state index in [0.717, 1.165) is 0 Å². The molecule has 0 aromatic carbocycles. The normalized spacial score (nSPS) is 13.1. The minimum Gasteiger partial charge on any atom is -0.119 e. The molecule has 1 unspecified atom stereocenters. The second-order valence-corrected chi connectivity index (χ2v) is 4.04. The summed E-state index contributed by atoms with van der Waals surface area (Å²) in [6.07, 6.45) is 5.33. The third-order valence-corrected chi connectivity index (χ3v) is 1.41. The van der Waals surface area contributed by atoms with Crippen LogP contribution in [-0.2, 0) is 0 Å². The molecule has 0 spiro atoms. The van der Waals surface area contributed by atoms with Gasteiger partial charge in [0.1, 0.15) is 0 Å². The van der Waals surface area contributed by atoms with Gasteiger partial charge < -0.3 is 0 Å². The number of hydrogen-bond acceptors (Lipinski definition) is 0. The van der Waals surface area contributed by atoms with Crippen molar-refractivity contribution in [2.45, 2.75) is 27.7 Å². The zero-order valence-corrected chi connectivity index (χ0v) is 8.44. The van der Waals surface area contributed by atoms with Gasteiger partial charge in [-0.25, -0.2) is 0 Å². The maximum Gasteiger partial charge on any atom is 0.0831 e. The van der Waals surface area contributed by atoms with E-state index in [1.54, 1.807) is 0 Å². The van der Waals surface area contributed by atoms with Gasteiger partial charge in [-0.05, 0) is 26.7 Å². The first-order valence-corrected chi connectivity index (χ1v) is 4.21. The van der Waals surface area contributed by atoms with Crippen LogP contribution in [0, 0.1) is 48.4 Å². The van der Waals surface area contributed by atoms with Crippen molar-refractivity contribution in [3.05, 3.63) is 6.92 Å². The van der Waals surface area contributed by atoms with E-state index >= 15 is 0 Å². The standard InChI is InChI=1S/C12H17/c1-7-11(10(2)3)8-9-12(4,5)6/h1,10-11H,4H2,2-3,5-6H3. The maximum absolute atomic E-state index is 5.33. The van der Waals surface area contributed by atoms with Gasteiger partial charge in [-0.1, -0.05) is 31.6 Å². The Kier molecular flexibility index (Phi) is 3.91. The molecule has 0 aliphatic rings. The highest BCUT2D eigenvalue weighted by Gasteiger charge is 2.08. The molecule has 0 amide bonds. The van der Waals surface area contributed by atoms with Crippen LogP contribution in [0.25, 0.3) is 0 Å². The largest absolute Gasteiger partial charge is 0.119 e. The molecule has 0 nitrogen and oxygen atoms in total. The van der Waals surface area contributed by atoms with E-state index in [1.165, 1.54) is 0 Å². The molecule has 1 radical (unpaired) electrons. The van der Waals surface area contributed by atoms with Gasteiger partial charge in [0.05, 0.1) is 5.92 Å². The van der Waals surface area contributed by atoms with Gasteiger partial charge >= 0.3 is 0 Å². The monoisotopic (exact) mass is 161 g/mol. The maximum atomic E-state index is 5.33. The third kappa shape index (κ3) is 4.86. The predicted octanol–water partition coefficient (Wildman–Crippen LogP) is 2.76. The summed E-state index contributed by atoms with van der Waals surface area (Å²) in [6, 6.07) is 0. The highest BCUT2D eigenvalue weighted by Crippen LogP contribution is 2.12. The van der Waals surface area contributed by atoms with Crippen LogP contribution in [0.4, 0.5) is 0 Å². The highest BCUT2D eigenvalue weighted by molar-refractivity contribution is 5.19. The minimum atomic E-state index is -0.190. The van der Waals surface area contributed by atoms with Crippen molar-refractivity contribution >= 4 is 0 Å². The Morgan fingerprint density at radius 2 is 1.83 bits per heavy atom. The molecular formula is C12H17. The van der Waals surface area contributed by atoms with E-state index in [9.17, 15) is 0 Å². The average molecular weight is 161 g/mol. The lowest BCUT2D eigenvalue weighted by atomic mass is 9.93. The Balaban J connectivity index is 4.39. The SMILES string of the molecule is C#CC(C#CC([CH2])(C)C)C(C)C. The Labute approximate surface area is 76.8 Å². The van der Waals surface area contributed by atoms with E-state index in [1.807, 2.05) is 13.8 Å². The molecular weight excluding hydrogens is 144 g/mol. The number of terminal acetylenes is 1. The summed E-state index contributed by atoms with van der Waals surface area (Å²) < 4.78 is 0. The molecule has 65 valence electrons. The molecule has 0 fully saturated rings. The van der Waals surface area contributed by atoms with Crippen LogP contribution in [0.5, 0.6) is 0 Å². The first kappa shape index (κ1) is 11.1. The molecule has 1 atom stereocenters. The molecule has 0 heteroatoms. The molecule has 0 heterocycles. The fourth-order valence-corrected chi connectivity index (χ4v) is 0.674. The summed E-state index contributed by atoms with van der Waals surface area (Å²) in [6.45, 7) is 12.0. The smallest absolute Gasteiger partial charge is 0.0831 e. The van der Waals surface area contributed by atoms with E-state index < -0.39 is 0 Å². The number of rotatable bonds is 1.